The zero-order valence-corrected chi connectivity index (χ0v) is 24.2. The van der Waals surface area contributed by atoms with Crippen LogP contribution < -0.4 is 25.0 Å². The van der Waals surface area contributed by atoms with Crippen LogP contribution in [0.5, 0.6) is 5.75 Å². The molecule has 0 bridgehead atoms. The van der Waals surface area contributed by atoms with Crippen molar-refractivity contribution in [3.8, 4) is 5.75 Å². The number of ether oxygens (including phenoxy) is 2. The molecule has 0 saturated carbocycles. The van der Waals surface area contributed by atoms with E-state index in [1.54, 1.807) is 25.1 Å². The normalized spacial score (nSPS) is 15.3. The first-order chi connectivity index (χ1) is 19.8. The first-order valence-electron chi connectivity index (χ1n) is 12.8. The summed E-state index contributed by atoms with van der Waals surface area (Å²) in [5.41, 5.74) is 1.08. The highest BCUT2D eigenvalue weighted by Gasteiger charge is 2.35. The SMILES string of the molecule is COc1cc(C(=O)NC2CCOC2)ccc1Nc1ncc(C(F)(F)F)c(NCc2ccc(C)cc2N(C)S(C)(=O)=O)n1. The van der Waals surface area contributed by atoms with Gasteiger partial charge in [-0.05, 0) is 48.7 Å². The fourth-order valence-electron chi connectivity index (χ4n) is 4.23. The average Bonchev–Trinajstić information content (AvgIpc) is 3.44. The molecule has 4 rings (SSSR count). The van der Waals surface area contributed by atoms with Gasteiger partial charge in [0.25, 0.3) is 5.91 Å². The number of hydrogen-bond acceptors (Lipinski definition) is 9. The minimum atomic E-state index is -4.77. The number of methoxy groups -OCH3 is 1. The van der Waals surface area contributed by atoms with Gasteiger partial charge in [-0.3, -0.25) is 9.10 Å². The summed E-state index contributed by atoms with van der Waals surface area (Å²) in [6.07, 6.45) is -2.37. The van der Waals surface area contributed by atoms with E-state index >= 15 is 0 Å². The lowest BCUT2D eigenvalue weighted by Gasteiger charge is -2.22. The minimum absolute atomic E-state index is 0.0875. The van der Waals surface area contributed by atoms with Crippen LogP contribution in [0.15, 0.2) is 42.6 Å². The van der Waals surface area contributed by atoms with Gasteiger partial charge in [-0.15, -0.1) is 0 Å². The molecule has 1 fully saturated rings. The van der Waals surface area contributed by atoms with Crippen LogP contribution in [0.25, 0.3) is 0 Å². The maximum atomic E-state index is 13.8. The van der Waals surface area contributed by atoms with Crippen molar-refractivity contribution in [1.82, 2.24) is 15.3 Å². The number of nitrogens with one attached hydrogen (secondary N) is 3. The van der Waals surface area contributed by atoms with Gasteiger partial charge < -0.3 is 25.4 Å². The third-order valence-corrected chi connectivity index (χ3v) is 7.78. The number of carbonyl (C=O) groups excluding carboxylic acids is 1. The quantitative estimate of drug-likeness (QED) is 0.311. The van der Waals surface area contributed by atoms with Gasteiger partial charge in [0.1, 0.15) is 17.1 Å². The van der Waals surface area contributed by atoms with Crippen LogP contribution in [0.4, 0.5) is 36.3 Å². The molecule has 0 aliphatic carbocycles. The monoisotopic (exact) mass is 608 g/mol. The Morgan fingerprint density at radius 3 is 2.62 bits per heavy atom. The van der Waals surface area contributed by atoms with Gasteiger partial charge in [-0.1, -0.05) is 12.1 Å². The third-order valence-electron chi connectivity index (χ3n) is 6.59. The number of rotatable bonds is 10. The molecule has 1 aliphatic heterocycles. The number of amides is 1. The maximum absolute atomic E-state index is 13.8. The van der Waals surface area contributed by atoms with Gasteiger partial charge in [-0.2, -0.15) is 18.2 Å². The van der Waals surface area contributed by atoms with E-state index in [1.807, 2.05) is 0 Å². The molecule has 1 aromatic heterocycles. The second-order valence-electron chi connectivity index (χ2n) is 9.74. The molecule has 226 valence electrons. The molecule has 2 heterocycles. The summed E-state index contributed by atoms with van der Waals surface area (Å²) in [5, 5.41) is 8.41. The van der Waals surface area contributed by atoms with Crippen molar-refractivity contribution in [3.63, 3.8) is 0 Å². The number of benzene rings is 2. The van der Waals surface area contributed by atoms with E-state index in [1.165, 1.54) is 32.4 Å². The van der Waals surface area contributed by atoms with E-state index in [0.717, 1.165) is 16.1 Å². The molecular formula is C27H31F3N6O5S. The van der Waals surface area contributed by atoms with Crippen molar-refractivity contribution in [3.05, 3.63) is 64.8 Å². The first-order valence-corrected chi connectivity index (χ1v) is 14.7. The van der Waals surface area contributed by atoms with E-state index in [-0.39, 0.29) is 30.2 Å². The second-order valence-corrected chi connectivity index (χ2v) is 11.8. The number of nitrogens with zero attached hydrogens (tertiary/aromatic N) is 3. The summed E-state index contributed by atoms with van der Waals surface area (Å²) < 4.78 is 77.6. The predicted molar refractivity (Wildman–Crippen MR) is 152 cm³/mol. The lowest BCUT2D eigenvalue weighted by atomic mass is 10.1. The molecule has 15 heteroatoms. The second kappa shape index (κ2) is 12.4. The summed E-state index contributed by atoms with van der Waals surface area (Å²) in [7, 11) is -0.868. The third kappa shape index (κ3) is 7.39. The molecule has 2 aromatic carbocycles. The van der Waals surface area contributed by atoms with Gasteiger partial charge in [0.15, 0.2) is 0 Å². The Labute approximate surface area is 241 Å². The molecule has 1 unspecified atom stereocenters. The van der Waals surface area contributed by atoms with E-state index in [2.05, 4.69) is 25.9 Å². The molecular weight excluding hydrogens is 577 g/mol. The highest BCUT2D eigenvalue weighted by atomic mass is 32.2. The van der Waals surface area contributed by atoms with Gasteiger partial charge >= 0.3 is 6.18 Å². The first kappa shape index (κ1) is 30.8. The number of anilines is 4. The Hall–Kier alpha value is -4.11. The highest BCUT2D eigenvalue weighted by Crippen LogP contribution is 2.35. The molecule has 1 aliphatic rings. The predicted octanol–water partition coefficient (Wildman–Crippen LogP) is 4.08. The topological polar surface area (TPSA) is 135 Å². The Balaban J connectivity index is 1.59. The van der Waals surface area contributed by atoms with Gasteiger partial charge in [-0.25, -0.2) is 13.4 Å². The van der Waals surface area contributed by atoms with Gasteiger partial charge in [0.2, 0.25) is 16.0 Å². The van der Waals surface area contributed by atoms with E-state index in [0.29, 0.717) is 48.3 Å². The molecule has 3 aromatic rings. The summed E-state index contributed by atoms with van der Waals surface area (Å²) in [6, 6.07) is 9.47. The van der Waals surface area contributed by atoms with E-state index < -0.39 is 27.6 Å². The molecule has 0 spiro atoms. The highest BCUT2D eigenvalue weighted by molar-refractivity contribution is 7.92. The van der Waals surface area contributed by atoms with Gasteiger partial charge in [0, 0.05) is 32.0 Å². The number of halogens is 3. The summed E-state index contributed by atoms with van der Waals surface area (Å²) in [6.45, 7) is 2.63. The maximum Gasteiger partial charge on any atom is 0.421 e. The average molecular weight is 609 g/mol. The summed E-state index contributed by atoms with van der Waals surface area (Å²) in [4.78, 5) is 20.5. The van der Waals surface area contributed by atoms with Crippen molar-refractivity contribution in [2.75, 3.05) is 48.6 Å². The zero-order valence-electron chi connectivity index (χ0n) is 23.4. The molecule has 1 atom stereocenters. The van der Waals surface area contributed by atoms with Crippen LogP contribution in [0, 0.1) is 6.92 Å². The molecule has 1 amide bonds. The molecule has 3 N–H and O–H groups in total. The lowest BCUT2D eigenvalue weighted by Crippen LogP contribution is -2.34. The van der Waals surface area contributed by atoms with E-state index in [9.17, 15) is 26.4 Å². The van der Waals surface area contributed by atoms with Crippen LogP contribution in [0.3, 0.4) is 0 Å². The zero-order chi connectivity index (χ0) is 30.7. The fraction of sp³-hybridized carbons (Fsp3) is 0.370. The van der Waals surface area contributed by atoms with Gasteiger partial charge in [0.05, 0.1) is 37.4 Å². The Morgan fingerprint density at radius 2 is 1.98 bits per heavy atom. The molecule has 11 nitrogen and oxygen atoms in total. The van der Waals surface area contributed by atoms with Crippen molar-refractivity contribution in [1.29, 1.82) is 0 Å². The van der Waals surface area contributed by atoms with E-state index in [4.69, 9.17) is 9.47 Å². The van der Waals surface area contributed by atoms with Crippen LogP contribution in [0.2, 0.25) is 0 Å². The number of hydrogen-bond donors (Lipinski definition) is 3. The Morgan fingerprint density at radius 1 is 1.21 bits per heavy atom. The number of aryl methyl sites for hydroxylation is 1. The van der Waals surface area contributed by atoms with Crippen LogP contribution in [-0.2, 0) is 27.5 Å². The largest absolute Gasteiger partial charge is 0.495 e. The summed E-state index contributed by atoms with van der Waals surface area (Å²) in [5.74, 6) is -0.746. The minimum Gasteiger partial charge on any atom is -0.495 e. The van der Waals surface area contributed by atoms with Crippen LogP contribution >= 0.6 is 0 Å². The Bertz CT molecular complexity index is 1560. The van der Waals surface area contributed by atoms with Crippen LogP contribution in [0.1, 0.15) is 33.5 Å². The molecule has 0 radical (unpaired) electrons. The standard InChI is InChI=1S/C27H31F3N6O5S/c1-16-5-6-18(22(11-16)36(2)42(4,38)39)13-31-24-20(27(28,29)30)14-32-26(35-24)34-21-8-7-17(12-23(21)40-3)25(37)33-19-9-10-41-15-19/h5-8,11-12,14,19H,9-10,13,15H2,1-4H3,(H,33,37)(H2,31,32,34,35). The van der Waals surface area contributed by atoms with Crippen molar-refractivity contribution < 1.29 is 35.9 Å². The van der Waals surface area contributed by atoms with Crippen LogP contribution in [-0.4, -0.2) is 64.0 Å². The number of aromatic nitrogens is 2. The van der Waals surface area contributed by atoms with Crippen molar-refractivity contribution in [2.45, 2.75) is 32.1 Å². The Kier molecular flexibility index (Phi) is 9.11. The summed E-state index contributed by atoms with van der Waals surface area (Å²) >= 11 is 0. The van der Waals surface area contributed by atoms with Crippen molar-refractivity contribution >= 4 is 39.1 Å². The van der Waals surface area contributed by atoms with Crippen molar-refractivity contribution in [2.24, 2.45) is 0 Å². The number of carbonyl (C=O) groups is 1. The smallest absolute Gasteiger partial charge is 0.421 e. The molecule has 1 saturated heterocycles. The number of alkyl halides is 3. The lowest BCUT2D eigenvalue weighted by molar-refractivity contribution is -0.137. The molecule has 42 heavy (non-hydrogen) atoms. The fourth-order valence-corrected chi connectivity index (χ4v) is 4.76. The number of sulfonamides is 1.